The van der Waals surface area contributed by atoms with Gasteiger partial charge >= 0.3 is 0 Å². The number of hydrogen-bond acceptors (Lipinski definition) is 4. The Kier molecular flexibility index (Phi) is 4.32. The predicted molar refractivity (Wildman–Crippen MR) is 148 cm³/mol. The predicted octanol–water partition coefficient (Wildman–Crippen LogP) is 8.01. The maximum atomic E-state index is 6.41. The zero-order chi connectivity index (χ0) is 24.6. The molecule has 0 amide bonds. The zero-order valence-electron chi connectivity index (χ0n) is 20.9. The van der Waals surface area contributed by atoms with E-state index >= 15 is 0 Å². The Morgan fingerprint density at radius 1 is 0.833 bits per heavy atom. The fourth-order valence-corrected chi connectivity index (χ4v) is 5.97. The number of H-pyrrole nitrogens is 1. The summed E-state index contributed by atoms with van der Waals surface area (Å²) >= 11 is 0. The summed E-state index contributed by atoms with van der Waals surface area (Å²) in [6.45, 7) is 8.86. The zero-order valence-corrected chi connectivity index (χ0v) is 20.9. The number of fused-ring (bicyclic) bond motifs is 5. The van der Waals surface area contributed by atoms with Gasteiger partial charge in [0.15, 0.2) is 5.58 Å². The first kappa shape index (κ1) is 21.1. The quantitative estimate of drug-likeness (QED) is 0.283. The van der Waals surface area contributed by atoms with Crippen molar-refractivity contribution in [3.05, 3.63) is 96.3 Å². The molecule has 6 aromatic rings. The summed E-state index contributed by atoms with van der Waals surface area (Å²) in [4.78, 5) is 13.3. The average molecular weight is 473 g/mol. The summed E-state index contributed by atoms with van der Waals surface area (Å²) in [5.74, 6) is 0. The van der Waals surface area contributed by atoms with Crippen molar-refractivity contribution in [1.82, 2.24) is 9.97 Å². The van der Waals surface area contributed by atoms with E-state index in [9.17, 15) is 0 Å². The standard InChI is InChI=1S/C31H28N4O/c1-19-16-17-23-22-11-9-15-27(29(22)36-30(23)32-19)34-20(2)35(26-14-8-7-13-25(26)34)31(3,4)28-18-21-10-5-6-12-24(21)33-28/h5-18,20,33H,1-4H3. The molecule has 1 unspecified atom stereocenters. The Morgan fingerprint density at radius 2 is 1.58 bits per heavy atom. The van der Waals surface area contributed by atoms with Crippen molar-refractivity contribution >= 4 is 50.0 Å². The molecule has 7 rings (SSSR count). The lowest BCUT2D eigenvalue weighted by Crippen LogP contribution is -2.49. The van der Waals surface area contributed by atoms with E-state index in [-0.39, 0.29) is 11.7 Å². The molecule has 3 aromatic carbocycles. The second-order valence-corrected chi connectivity index (χ2v) is 10.3. The molecule has 1 aliphatic heterocycles. The van der Waals surface area contributed by atoms with E-state index in [1.54, 1.807) is 0 Å². The summed E-state index contributed by atoms with van der Waals surface area (Å²) in [5.41, 5.74) is 8.00. The van der Waals surface area contributed by atoms with Gasteiger partial charge in [0.05, 0.1) is 22.6 Å². The first-order valence-electron chi connectivity index (χ1n) is 12.5. The van der Waals surface area contributed by atoms with Crippen molar-refractivity contribution in [1.29, 1.82) is 0 Å². The molecule has 1 atom stereocenters. The minimum atomic E-state index is -0.288. The number of aromatic amines is 1. The van der Waals surface area contributed by atoms with Crippen LogP contribution in [0.4, 0.5) is 17.1 Å². The van der Waals surface area contributed by atoms with Crippen LogP contribution in [0.25, 0.3) is 33.0 Å². The normalized spacial score (nSPS) is 15.9. The summed E-state index contributed by atoms with van der Waals surface area (Å²) in [5, 5.41) is 3.37. The number of anilines is 3. The third kappa shape index (κ3) is 2.86. The van der Waals surface area contributed by atoms with Gasteiger partial charge in [-0.2, -0.15) is 0 Å². The van der Waals surface area contributed by atoms with Crippen LogP contribution in [0.5, 0.6) is 0 Å². The number of aryl methyl sites for hydroxylation is 1. The van der Waals surface area contributed by atoms with Gasteiger partial charge in [0.25, 0.3) is 0 Å². The van der Waals surface area contributed by atoms with Gasteiger partial charge in [-0.1, -0.05) is 42.5 Å². The number of pyridine rings is 1. The molecule has 1 N–H and O–H groups in total. The lowest BCUT2D eigenvalue weighted by Gasteiger charge is -2.41. The molecular formula is C31H28N4O. The Morgan fingerprint density at radius 3 is 2.42 bits per heavy atom. The highest BCUT2D eigenvalue weighted by Crippen LogP contribution is 2.51. The summed E-state index contributed by atoms with van der Waals surface area (Å²) < 4.78 is 6.41. The lowest BCUT2D eigenvalue weighted by atomic mass is 9.96. The molecule has 36 heavy (non-hydrogen) atoms. The van der Waals surface area contributed by atoms with E-state index in [1.165, 1.54) is 22.5 Å². The van der Waals surface area contributed by atoms with Crippen LogP contribution in [0.3, 0.4) is 0 Å². The van der Waals surface area contributed by atoms with E-state index in [2.05, 4.69) is 119 Å². The third-order valence-corrected chi connectivity index (χ3v) is 7.68. The molecule has 5 nitrogen and oxygen atoms in total. The van der Waals surface area contributed by atoms with Gasteiger partial charge in [0.2, 0.25) is 5.71 Å². The highest BCUT2D eigenvalue weighted by Gasteiger charge is 2.43. The molecule has 5 heteroatoms. The van der Waals surface area contributed by atoms with E-state index in [4.69, 9.17) is 4.42 Å². The van der Waals surface area contributed by atoms with Crippen molar-refractivity contribution < 1.29 is 4.42 Å². The van der Waals surface area contributed by atoms with Gasteiger partial charge in [0, 0.05) is 27.7 Å². The van der Waals surface area contributed by atoms with Crippen LogP contribution in [-0.2, 0) is 5.54 Å². The first-order chi connectivity index (χ1) is 17.4. The number of hydrogen-bond donors (Lipinski definition) is 1. The minimum absolute atomic E-state index is 0.0531. The number of nitrogens with one attached hydrogen (secondary N) is 1. The Bertz CT molecular complexity index is 1740. The van der Waals surface area contributed by atoms with Crippen LogP contribution in [0.1, 0.15) is 32.2 Å². The highest BCUT2D eigenvalue weighted by atomic mass is 16.3. The molecule has 0 spiro atoms. The molecule has 0 bridgehead atoms. The fraction of sp³-hybridized carbons (Fsp3) is 0.194. The molecule has 0 saturated carbocycles. The van der Waals surface area contributed by atoms with Crippen LogP contribution in [0.15, 0.2) is 89.3 Å². The van der Waals surface area contributed by atoms with Crippen molar-refractivity contribution in [2.45, 2.75) is 39.4 Å². The topological polar surface area (TPSA) is 48.3 Å². The van der Waals surface area contributed by atoms with Crippen LogP contribution >= 0.6 is 0 Å². The molecule has 0 aliphatic carbocycles. The average Bonchev–Trinajstić information content (AvgIpc) is 3.55. The molecule has 178 valence electrons. The SMILES string of the molecule is Cc1ccc2c(n1)oc1c(N3c4ccccc4N(C(C)(C)c4cc5ccccc5[nH]4)C3C)cccc12. The maximum Gasteiger partial charge on any atom is 0.227 e. The molecule has 0 fully saturated rings. The van der Waals surface area contributed by atoms with Crippen LogP contribution < -0.4 is 9.80 Å². The Hall–Kier alpha value is -4.25. The van der Waals surface area contributed by atoms with Gasteiger partial charge in [-0.3, -0.25) is 0 Å². The van der Waals surface area contributed by atoms with E-state index < -0.39 is 0 Å². The van der Waals surface area contributed by atoms with Gasteiger partial charge in [-0.05, 0) is 75.5 Å². The summed E-state index contributed by atoms with van der Waals surface area (Å²) in [6, 6.07) is 30.0. The monoisotopic (exact) mass is 472 g/mol. The van der Waals surface area contributed by atoms with E-state index in [0.717, 1.165) is 33.3 Å². The third-order valence-electron chi connectivity index (χ3n) is 7.68. The second-order valence-electron chi connectivity index (χ2n) is 10.3. The molecular weight excluding hydrogens is 444 g/mol. The fourth-order valence-electron chi connectivity index (χ4n) is 5.97. The molecule has 1 aliphatic rings. The number of aromatic nitrogens is 2. The number of benzene rings is 3. The van der Waals surface area contributed by atoms with E-state index in [1.807, 2.05) is 13.0 Å². The second kappa shape index (κ2) is 7.37. The molecule has 0 radical (unpaired) electrons. The van der Waals surface area contributed by atoms with Crippen molar-refractivity contribution in [2.24, 2.45) is 0 Å². The van der Waals surface area contributed by atoms with Gasteiger partial charge in [0.1, 0.15) is 6.17 Å². The van der Waals surface area contributed by atoms with Crippen molar-refractivity contribution in [3.63, 3.8) is 0 Å². The smallest absolute Gasteiger partial charge is 0.227 e. The minimum Gasteiger partial charge on any atom is -0.435 e. The Labute approximate surface area is 210 Å². The summed E-state index contributed by atoms with van der Waals surface area (Å²) in [6.07, 6.45) is 0.0531. The highest BCUT2D eigenvalue weighted by molar-refractivity contribution is 6.09. The first-order valence-corrected chi connectivity index (χ1v) is 12.5. The lowest BCUT2D eigenvalue weighted by molar-refractivity contribution is 0.439. The van der Waals surface area contributed by atoms with E-state index in [0.29, 0.717) is 5.71 Å². The van der Waals surface area contributed by atoms with Gasteiger partial charge in [-0.15, -0.1) is 0 Å². The molecule has 3 aromatic heterocycles. The molecule has 0 saturated heterocycles. The van der Waals surface area contributed by atoms with Crippen molar-refractivity contribution in [2.75, 3.05) is 9.80 Å². The number of rotatable bonds is 3. The van der Waals surface area contributed by atoms with Gasteiger partial charge in [-0.25, -0.2) is 4.98 Å². The number of para-hydroxylation sites is 4. The maximum absolute atomic E-state index is 6.41. The van der Waals surface area contributed by atoms with Crippen LogP contribution in [0.2, 0.25) is 0 Å². The van der Waals surface area contributed by atoms with Crippen LogP contribution in [-0.4, -0.2) is 16.1 Å². The molecule has 4 heterocycles. The number of nitrogens with zero attached hydrogens (tertiary/aromatic N) is 3. The number of furan rings is 1. The summed E-state index contributed by atoms with van der Waals surface area (Å²) in [7, 11) is 0. The van der Waals surface area contributed by atoms with Crippen LogP contribution in [0, 0.1) is 6.92 Å². The van der Waals surface area contributed by atoms with Crippen molar-refractivity contribution in [3.8, 4) is 0 Å². The van der Waals surface area contributed by atoms with Gasteiger partial charge < -0.3 is 19.2 Å². The largest absolute Gasteiger partial charge is 0.435 e. The Balaban J connectivity index is 1.41.